The summed E-state index contributed by atoms with van der Waals surface area (Å²) in [6.45, 7) is 1.78. The summed E-state index contributed by atoms with van der Waals surface area (Å²) in [6, 6.07) is 7.69. The molecule has 2 N–H and O–H groups in total. The van der Waals surface area contributed by atoms with Crippen molar-refractivity contribution in [1.29, 1.82) is 0 Å². The number of para-hydroxylation sites is 1. The third-order valence-corrected chi connectivity index (χ3v) is 3.92. The maximum atomic E-state index is 13.7. The molecule has 0 fully saturated rings. The molecule has 1 heterocycles. The molecule has 0 aliphatic heterocycles. The summed E-state index contributed by atoms with van der Waals surface area (Å²) in [5.74, 6) is -0.311. The van der Waals surface area contributed by atoms with Gasteiger partial charge in [0.2, 0.25) is 0 Å². The number of hydrogen-bond acceptors (Lipinski definition) is 4. The van der Waals surface area contributed by atoms with Gasteiger partial charge in [-0.25, -0.2) is 9.07 Å². The molecule has 0 bridgehead atoms. The molecular formula is C15H18FN3O2S. The normalized spacial score (nSPS) is 13.6. The number of aromatic nitrogens is 2. The molecule has 5 nitrogen and oxygen atoms in total. The number of carbonyl (C=O) groups is 1. The minimum Gasteiger partial charge on any atom is -0.387 e. The van der Waals surface area contributed by atoms with Crippen molar-refractivity contribution in [2.24, 2.45) is 0 Å². The largest absolute Gasteiger partial charge is 0.387 e. The maximum absolute atomic E-state index is 13.7. The van der Waals surface area contributed by atoms with Crippen LogP contribution < -0.4 is 5.32 Å². The van der Waals surface area contributed by atoms with Gasteiger partial charge in [-0.05, 0) is 31.4 Å². The van der Waals surface area contributed by atoms with Crippen LogP contribution in [0.5, 0.6) is 0 Å². The lowest BCUT2D eigenvalue weighted by atomic mass is 10.1. The summed E-state index contributed by atoms with van der Waals surface area (Å²) >= 11 is 1.50. The Balaban J connectivity index is 2.05. The van der Waals surface area contributed by atoms with Crippen LogP contribution in [-0.2, 0) is 0 Å². The molecule has 7 heteroatoms. The van der Waals surface area contributed by atoms with E-state index in [0.717, 1.165) is 0 Å². The molecule has 1 atom stereocenters. The highest BCUT2D eigenvalue weighted by Crippen LogP contribution is 2.13. The molecule has 1 aromatic heterocycles. The van der Waals surface area contributed by atoms with Crippen LogP contribution in [0.25, 0.3) is 5.69 Å². The number of aliphatic hydroxyl groups is 1. The van der Waals surface area contributed by atoms with Crippen molar-refractivity contribution in [2.75, 3.05) is 18.6 Å². The van der Waals surface area contributed by atoms with Gasteiger partial charge in [0.05, 0.1) is 5.60 Å². The average molecular weight is 323 g/mol. The molecule has 2 aromatic rings. The van der Waals surface area contributed by atoms with Crippen molar-refractivity contribution in [1.82, 2.24) is 15.1 Å². The van der Waals surface area contributed by atoms with Crippen molar-refractivity contribution in [3.05, 3.63) is 48.0 Å². The van der Waals surface area contributed by atoms with Crippen molar-refractivity contribution in [3.8, 4) is 5.69 Å². The Bertz CT molecular complexity index is 658. The van der Waals surface area contributed by atoms with Gasteiger partial charge in [-0.15, -0.1) is 0 Å². The zero-order chi connectivity index (χ0) is 16.2. The van der Waals surface area contributed by atoms with E-state index in [1.54, 1.807) is 25.1 Å². The van der Waals surface area contributed by atoms with E-state index in [1.165, 1.54) is 34.8 Å². The highest BCUT2D eigenvalue weighted by atomic mass is 32.2. The molecule has 2 rings (SSSR count). The van der Waals surface area contributed by atoms with Crippen LogP contribution in [0.4, 0.5) is 4.39 Å². The SMILES string of the molecule is CSCC(C)(O)CNC(=O)c1ccn(-c2ccccc2F)n1. The quantitative estimate of drug-likeness (QED) is 0.851. The first kappa shape index (κ1) is 16.5. The molecule has 0 spiro atoms. The van der Waals surface area contributed by atoms with Crippen molar-refractivity contribution in [2.45, 2.75) is 12.5 Å². The third-order valence-electron chi connectivity index (χ3n) is 3.01. The third kappa shape index (κ3) is 4.08. The number of halogens is 1. The van der Waals surface area contributed by atoms with Gasteiger partial charge >= 0.3 is 0 Å². The molecule has 1 unspecified atom stereocenters. The summed E-state index contributed by atoms with van der Waals surface area (Å²) in [6.07, 6.45) is 3.40. The maximum Gasteiger partial charge on any atom is 0.271 e. The van der Waals surface area contributed by atoms with Gasteiger partial charge in [0.1, 0.15) is 11.5 Å². The van der Waals surface area contributed by atoms with E-state index in [9.17, 15) is 14.3 Å². The number of nitrogens with one attached hydrogen (secondary N) is 1. The lowest BCUT2D eigenvalue weighted by molar-refractivity contribution is 0.0722. The van der Waals surface area contributed by atoms with Gasteiger partial charge in [-0.3, -0.25) is 4.79 Å². The van der Waals surface area contributed by atoms with Crippen molar-refractivity contribution in [3.63, 3.8) is 0 Å². The molecule has 0 saturated carbocycles. The van der Waals surface area contributed by atoms with Gasteiger partial charge in [0, 0.05) is 18.5 Å². The van der Waals surface area contributed by atoms with Crippen molar-refractivity contribution < 1.29 is 14.3 Å². The smallest absolute Gasteiger partial charge is 0.271 e. The number of carbonyl (C=O) groups excluding carboxylic acids is 1. The topological polar surface area (TPSA) is 67.2 Å². The predicted molar refractivity (Wildman–Crippen MR) is 84.9 cm³/mol. The number of thioether (sulfide) groups is 1. The zero-order valence-corrected chi connectivity index (χ0v) is 13.2. The van der Waals surface area contributed by atoms with E-state index in [2.05, 4.69) is 10.4 Å². The van der Waals surface area contributed by atoms with E-state index in [4.69, 9.17) is 0 Å². The molecule has 0 saturated heterocycles. The summed E-state index contributed by atoms with van der Waals surface area (Å²) in [5.41, 5.74) is -0.539. The second-order valence-electron chi connectivity index (χ2n) is 5.21. The van der Waals surface area contributed by atoms with Crippen LogP contribution in [0.3, 0.4) is 0 Å². The Morgan fingerprint density at radius 2 is 2.18 bits per heavy atom. The van der Waals surface area contributed by atoms with Gasteiger partial charge in [0.15, 0.2) is 5.69 Å². The fourth-order valence-corrected chi connectivity index (χ4v) is 2.66. The monoisotopic (exact) mass is 323 g/mol. The Morgan fingerprint density at radius 3 is 2.86 bits per heavy atom. The lowest BCUT2D eigenvalue weighted by Gasteiger charge is -2.22. The van der Waals surface area contributed by atoms with Crippen LogP contribution in [-0.4, -0.2) is 44.9 Å². The Hall–Kier alpha value is -1.86. The van der Waals surface area contributed by atoms with E-state index >= 15 is 0 Å². The van der Waals surface area contributed by atoms with Gasteiger partial charge in [-0.2, -0.15) is 16.9 Å². The fraction of sp³-hybridized carbons (Fsp3) is 0.333. The van der Waals surface area contributed by atoms with Crippen LogP contribution in [0.2, 0.25) is 0 Å². The Labute approximate surface area is 132 Å². The summed E-state index contributed by atoms with van der Waals surface area (Å²) < 4.78 is 15.0. The molecule has 22 heavy (non-hydrogen) atoms. The molecule has 0 aliphatic carbocycles. The average Bonchev–Trinajstić information content (AvgIpc) is 2.95. The molecule has 1 aromatic carbocycles. The van der Waals surface area contributed by atoms with Crippen LogP contribution in [0, 0.1) is 5.82 Å². The second-order valence-corrected chi connectivity index (χ2v) is 6.08. The van der Waals surface area contributed by atoms with Gasteiger partial charge in [0.25, 0.3) is 5.91 Å². The van der Waals surface area contributed by atoms with Crippen molar-refractivity contribution >= 4 is 17.7 Å². The Kier molecular flexibility index (Phi) is 5.20. The summed E-state index contributed by atoms with van der Waals surface area (Å²) in [5, 5.41) is 16.7. The van der Waals surface area contributed by atoms with E-state index < -0.39 is 17.3 Å². The van der Waals surface area contributed by atoms with Gasteiger partial charge in [-0.1, -0.05) is 12.1 Å². The van der Waals surface area contributed by atoms with Gasteiger partial charge < -0.3 is 10.4 Å². The van der Waals surface area contributed by atoms with E-state index in [0.29, 0.717) is 5.75 Å². The number of benzene rings is 1. The predicted octanol–water partition coefficient (Wildman–Crippen LogP) is 1.86. The van der Waals surface area contributed by atoms with E-state index in [-0.39, 0.29) is 17.9 Å². The highest BCUT2D eigenvalue weighted by molar-refractivity contribution is 7.98. The molecule has 1 amide bonds. The molecule has 118 valence electrons. The Morgan fingerprint density at radius 1 is 1.45 bits per heavy atom. The molecule has 0 aliphatic rings. The standard InChI is InChI=1S/C15H18FN3O2S/c1-15(21,10-22-2)9-17-14(20)12-7-8-19(18-12)13-6-4-3-5-11(13)16/h3-8,21H,9-10H2,1-2H3,(H,17,20). The number of rotatable bonds is 6. The minimum absolute atomic E-state index is 0.124. The highest BCUT2D eigenvalue weighted by Gasteiger charge is 2.21. The number of nitrogens with zero attached hydrogens (tertiary/aromatic N) is 2. The van der Waals surface area contributed by atoms with E-state index in [1.807, 2.05) is 6.26 Å². The lowest BCUT2D eigenvalue weighted by Crippen LogP contribution is -2.42. The number of amides is 1. The first-order valence-electron chi connectivity index (χ1n) is 6.73. The van der Waals surface area contributed by atoms with Crippen LogP contribution >= 0.6 is 11.8 Å². The molecular weight excluding hydrogens is 305 g/mol. The van der Waals surface area contributed by atoms with Crippen LogP contribution in [0.1, 0.15) is 17.4 Å². The second kappa shape index (κ2) is 6.93. The first-order valence-corrected chi connectivity index (χ1v) is 8.12. The first-order chi connectivity index (χ1) is 10.4. The van der Waals surface area contributed by atoms with Crippen LogP contribution in [0.15, 0.2) is 36.5 Å². The fourth-order valence-electron chi connectivity index (χ4n) is 1.94. The summed E-state index contributed by atoms with van der Waals surface area (Å²) in [4.78, 5) is 12.0. The molecule has 0 radical (unpaired) electrons. The minimum atomic E-state index is -0.983. The summed E-state index contributed by atoms with van der Waals surface area (Å²) in [7, 11) is 0. The number of hydrogen-bond donors (Lipinski definition) is 2. The zero-order valence-electron chi connectivity index (χ0n) is 12.4.